The molecule has 3 rings (SSSR count). The van der Waals surface area contributed by atoms with E-state index >= 15 is 0 Å². The largest absolute Gasteiger partial charge is 0.330 e. The van der Waals surface area contributed by atoms with E-state index in [1.54, 1.807) is 0 Å². The quantitative estimate of drug-likeness (QED) is 0.896. The first-order valence-electron chi connectivity index (χ1n) is 7.98. The number of fused-ring (bicyclic) bond motifs is 1. The third-order valence-corrected chi connectivity index (χ3v) is 4.91. The van der Waals surface area contributed by atoms with Crippen LogP contribution in [0.5, 0.6) is 0 Å². The molecule has 1 heteroatoms. The van der Waals surface area contributed by atoms with Crippen LogP contribution in [0.1, 0.15) is 42.0 Å². The summed E-state index contributed by atoms with van der Waals surface area (Å²) in [5.41, 5.74) is 12.2. The fourth-order valence-electron chi connectivity index (χ4n) is 3.57. The van der Waals surface area contributed by atoms with Gasteiger partial charge in [-0.3, -0.25) is 0 Å². The van der Waals surface area contributed by atoms with Gasteiger partial charge in [0.2, 0.25) is 0 Å². The van der Waals surface area contributed by atoms with Crippen LogP contribution in [0.3, 0.4) is 0 Å². The average molecular weight is 279 g/mol. The van der Waals surface area contributed by atoms with Crippen LogP contribution >= 0.6 is 0 Å². The molecule has 0 radical (unpaired) electrons. The van der Waals surface area contributed by atoms with Gasteiger partial charge in [-0.05, 0) is 59.4 Å². The third kappa shape index (κ3) is 2.89. The van der Waals surface area contributed by atoms with Crippen LogP contribution in [0, 0.1) is 5.41 Å². The Balaban J connectivity index is 1.80. The summed E-state index contributed by atoms with van der Waals surface area (Å²) in [6, 6.07) is 17.9. The van der Waals surface area contributed by atoms with Gasteiger partial charge in [0, 0.05) is 0 Å². The Labute approximate surface area is 128 Å². The van der Waals surface area contributed by atoms with Gasteiger partial charge < -0.3 is 5.73 Å². The van der Waals surface area contributed by atoms with Crippen LogP contribution in [0.4, 0.5) is 0 Å². The van der Waals surface area contributed by atoms with Crippen LogP contribution < -0.4 is 5.73 Å². The highest BCUT2D eigenvalue weighted by atomic mass is 14.6. The van der Waals surface area contributed by atoms with Crippen molar-refractivity contribution in [1.82, 2.24) is 0 Å². The molecule has 0 aliphatic heterocycles. The summed E-state index contributed by atoms with van der Waals surface area (Å²) in [7, 11) is 0. The molecule has 0 amide bonds. The SMILES string of the molecule is CC(C)c1ccc(CC2(CN)Cc3ccccc3C2)cc1. The minimum absolute atomic E-state index is 0.211. The molecule has 110 valence electrons. The number of hydrogen-bond acceptors (Lipinski definition) is 1. The van der Waals surface area contributed by atoms with Crippen molar-refractivity contribution in [1.29, 1.82) is 0 Å². The van der Waals surface area contributed by atoms with Gasteiger partial charge in [-0.25, -0.2) is 0 Å². The van der Waals surface area contributed by atoms with Crippen LogP contribution in [0.2, 0.25) is 0 Å². The monoisotopic (exact) mass is 279 g/mol. The lowest BCUT2D eigenvalue weighted by Crippen LogP contribution is -2.33. The second-order valence-electron chi connectivity index (χ2n) is 6.90. The van der Waals surface area contributed by atoms with E-state index in [9.17, 15) is 0 Å². The minimum atomic E-state index is 0.211. The lowest BCUT2D eigenvalue weighted by molar-refractivity contribution is 0.315. The van der Waals surface area contributed by atoms with Gasteiger partial charge in [-0.2, -0.15) is 0 Å². The number of nitrogens with two attached hydrogens (primary N) is 1. The number of rotatable bonds is 4. The van der Waals surface area contributed by atoms with Crippen molar-refractivity contribution in [3.05, 3.63) is 70.8 Å². The van der Waals surface area contributed by atoms with Crippen molar-refractivity contribution in [2.75, 3.05) is 6.54 Å². The molecule has 0 fully saturated rings. The maximum atomic E-state index is 6.17. The van der Waals surface area contributed by atoms with Crippen molar-refractivity contribution in [2.24, 2.45) is 11.1 Å². The van der Waals surface area contributed by atoms with E-state index in [1.807, 2.05) is 0 Å². The standard InChI is InChI=1S/C20H25N/c1-15(2)17-9-7-16(8-10-17)11-20(14-21)12-18-5-3-4-6-19(18)13-20/h3-10,15H,11-14,21H2,1-2H3. The molecule has 0 heterocycles. The second-order valence-corrected chi connectivity index (χ2v) is 6.90. The summed E-state index contributed by atoms with van der Waals surface area (Å²) in [6.07, 6.45) is 3.31. The minimum Gasteiger partial charge on any atom is -0.330 e. The third-order valence-electron chi connectivity index (χ3n) is 4.91. The molecule has 0 saturated carbocycles. The zero-order chi connectivity index (χ0) is 14.9. The maximum Gasteiger partial charge on any atom is -0.00109 e. The highest BCUT2D eigenvalue weighted by Crippen LogP contribution is 2.39. The molecule has 0 aromatic heterocycles. The van der Waals surface area contributed by atoms with E-state index in [2.05, 4.69) is 62.4 Å². The van der Waals surface area contributed by atoms with E-state index in [-0.39, 0.29) is 5.41 Å². The van der Waals surface area contributed by atoms with Crippen LogP contribution in [0.25, 0.3) is 0 Å². The molecule has 0 spiro atoms. The van der Waals surface area contributed by atoms with Gasteiger partial charge in [0.25, 0.3) is 0 Å². The summed E-state index contributed by atoms with van der Waals surface area (Å²) in [6.45, 7) is 5.24. The van der Waals surface area contributed by atoms with Gasteiger partial charge in [0.05, 0.1) is 0 Å². The Morgan fingerprint density at radius 2 is 1.52 bits per heavy atom. The predicted molar refractivity (Wildman–Crippen MR) is 89.6 cm³/mol. The van der Waals surface area contributed by atoms with E-state index in [0.717, 1.165) is 25.8 Å². The molecule has 1 aliphatic carbocycles. The zero-order valence-electron chi connectivity index (χ0n) is 13.1. The molecule has 2 aromatic rings. The molecule has 1 nitrogen and oxygen atoms in total. The van der Waals surface area contributed by atoms with Crippen molar-refractivity contribution < 1.29 is 0 Å². The molecule has 2 N–H and O–H groups in total. The Kier molecular flexibility index (Phi) is 3.86. The maximum absolute atomic E-state index is 6.17. The number of hydrogen-bond donors (Lipinski definition) is 1. The molecular formula is C20H25N. The molecule has 2 aromatic carbocycles. The topological polar surface area (TPSA) is 26.0 Å². The molecule has 0 unspecified atom stereocenters. The molecule has 0 bridgehead atoms. The van der Waals surface area contributed by atoms with E-state index < -0.39 is 0 Å². The Hall–Kier alpha value is -1.60. The molecule has 0 atom stereocenters. The molecule has 21 heavy (non-hydrogen) atoms. The first kappa shape index (κ1) is 14.3. The highest BCUT2D eigenvalue weighted by molar-refractivity contribution is 5.36. The van der Waals surface area contributed by atoms with Gasteiger partial charge in [-0.15, -0.1) is 0 Å². The summed E-state index contributed by atoms with van der Waals surface area (Å²) in [4.78, 5) is 0. The van der Waals surface area contributed by atoms with E-state index in [1.165, 1.54) is 22.3 Å². The summed E-state index contributed by atoms with van der Waals surface area (Å²) < 4.78 is 0. The van der Waals surface area contributed by atoms with E-state index in [4.69, 9.17) is 5.73 Å². The highest BCUT2D eigenvalue weighted by Gasteiger charge is 2.35. The van der Waals surface area contributed by atoms with Gasteiger partial charge in [0.1, 0.15) is 0 Å². The fourth-order valence-corrected chi connectivity index (χ4v) is 3.57. The van der Waals surface area contributed by atoms with Gasteiger partial charge in [-0.1, -0.05) is 62.4 Å². The van der Waals surface area contributed by atoms with Crippen molar-refractivity contribution >= 4 is 0 Å². The van der Waals surface area contributed by atoms with Gasteiger partial charge >= 0.3 is 0 Å². The summed E-state index contributed by atoms with van der Waals surface area (Å²) in [5, 5.41) is 0. The van der Waals surface area contributed by atoms with Crippen molar-refractivity contribution in [2.45, 2.75) is 39.0 Å². The summed E-state index contributed by atoms with van der Waals surface area (Å²) in [5.74, 6) is 0.596. The normalized spacial score (nSPS) is 16.2. The lowest BCUT2D eigenvalue weighted by Gasteiger charge is -2.27. The zero-order valence-corrected chi connectivity index (χ0v) is 13.1. The van der Waals surface area contributed by atoms with Crippen LogP contribution in [-0.2, 0) is 19.3 Å². The van der Waals surface area contributed by atoms with Crippen LogP contribution in [0.15, 0.2) is 48.5 Å². The molecular weight excluding hydrogens is 254 g/mol. The summed E-state index contributed by atoms with van der Waals surface area (Å²) >= 11 is 0. The Bertz CT molecular complexity index is 585. The molecule has 0 saturated heterocycles. The van der Waals surface area contributed by atoms with E-state index in [0.29, 0.717) is 5.92 Å². The number of benzene rings is 2. The lowest BCUT2D eigenvalue weighted by atomic mass is 9.78. The van der Waals surface area contributed by atoms with Gasteiger partial charge in [0.15, 0.2) is 0 Å². The predicted octanol–water partition coefficient (Wildman–Crippen LogP) is 4.10. The Morgan fingerprint density at radius 1 is 0.952 bits per heavy atom. The van der Waals surface area contributed by atoms with Crippen molar-refractivity contribution in [3.8, 4) is 0 Å². The Morgan fingerprint density at radius 3 is 2.00 bits per heavy atom. The average Bonchev–Trinajstić information content (AvgIpc) is 2.86. The first-order valence-corrected chi connectivity index (χ1v) is 7.98. The smallest absolute Gasteiger partial charge is 0.00109 e. The van der Waals surface area contributed by atoms with Crippen molar-refractivity contribution in [3.63, 3.8) is 0 Å². The van der Waals surface area contributed by atoms with Crippen LogP contribution in [-0.4, -0.2) is 6.54 Å². The first-order chi connectivity index (χ1) is 10.1. The molecule has 1 aliphatic rings. The fraction of sp³-hybridized carbons (Fsp3) is 0.400. The second kappa shape index (κ2) is 5.65.